The first-order chi connectivity index (χ1) is 12.1. The van der Waals surface area contributed by atoms with Gasteiger partial charge in [0.2, 0.25) is 0 Å². The Balaban J connectivity index is 0.00000163. The van der Waals surface area contributed by atoms with E-state index in [1.807, 2.05) is 0 Å². The number of aliphatic hydroxyl groups is 1. The number of halogens is 4. The van der Waals surface area contributed by atoms with Gasteiger partial charge in [-0.1, -0.05) is 0 Å². The van der Waals surface area contributed by atoms with Crippen molar-refractivity contribution in [3.63, 3.8) is 0 Å². The molecule has 1 heterocycles. The van der Waals surface area contributed by atoms with E-state index in [-0.39, 0.29) is 12.4 Å². The standard InChI is InChI=1S/C14H12B2BrF3N2O2.BH2N/c1-7(6-23)24-10-4-8(2-3-9(10)17)12-21-11(14(18,19)20)5-22(12)13(15)16;1-2/h2-5,7,13,23H,6H2,1H3;2H2. The summed E-state index contributed by atoms with van der Waals surface area (Å²) in [6.45, 7) is 1.44. The van der Waals surface area contributed by atoms with Crippen LogP contribution in [0.2, 0.25) is 0 Å². The maximum absolute atomic E-state index is 12.9. The van der Waals surface area contributed by atoms with Gasteiger partial charge in [-0.15, -0.1) is 0 Å². The third-order valence-electron chi connectivity index (χ3n) is 3.12. The van der Waals surface area contributed by atoms with Crippen LogP contribution in [0.3, 0.4) is 0 Å². The van der Waals surface area contributed by atoms with Crippen molar-refractivity contribution < 1.29 is 23.0 Å². The van der Waals surface area contributed by atoms with Gasteiger partial charge in [-0.25, -0.2) is 4.98 Å². The molecule has 0 aliphatic carbocycles. The maximum atomic E-state index is 12.9. The summed E-state index contributed by atoms with van der Waals surface area (Å²) in [5.41, 5.74) is 3.25. The smallest absolute Gasteiger partial charge is 0.434 e. The minimum absolute atomic E-state index is 0.0358. The van der Waals surface area contributed by atoms with Crippen molar-refractivity contribution in [2.45, 2.75) is 25.0 Å². The van der Waals surface area contributed by atoms with Crippen molar-refractivity contribution in [2.75, 3.05) is 6.61 Å². The Morgan fingerprint density at radius 3 is 2.46 bits per heavy atom. The molecule has 5 nitrogen and oxygen atoms in total. The second-order valence-corrected chi connectivity index (χ2v) is 5.96. The van der Waals surface area contributed by atoms with Crippen molar-refractivity contribution in [3.05, 3.63) is 34.6 Å². The van der Waals surface area contributed by atoms with Crippen molar-refractivity contribution >= 4 is 39.6 Å². The van der Waals surface area contributed by atoms with Crippen molar-refractivity contribution in [2.24, 2.45) is 5.64 Å². The molecule has 0 aliphatic heterocycles. The summed E-state index contributed by atoms with van der Waals surface area (Å²) in [5, 5.41) is 9.07. The fourth-order valence-electron chi connectivity index (χ4n) is 1.96. The predicted molar refractivity (Wildman–Crippen MR) is 98.0 cm³/mol. The van der Waals surface area contributed by atoms with E-state index in [2.05, 4.69) is 34.5 Å². The third kappa shape index (κ3) is 5.55. The molecule has 0 saturated heterocycles. The van der Waals surface area contributed by atoms with Crippen LogP contribution in [0.1, 0.15) is 18.5 Å². The molecular weight excluding hydrogens is 412 g/mol. The average molecular weight is 426 g/mol. The Bertz CT molecular complexity index is 729. The van der Waals surface area contributed by atoms with Gasteiger partial charge >= 0.3 is 6.18 Å². The van der Waals surface area contributed by atoms with Gasteiger partial charge in [0.15, 0.2) is 13.7 Å². The number of aromatic nitrogens is 2. The molecule has 2 aromatic rings. The predicted octanol–water partition coefficient (Wildman–Crippen LogP) is 1.91. The largest absolute Gasteiger partial charge is 0.487 e. The molecule has 2 rings (SSSR count). The van der Waals surface area contributed by atoms with E-state index < -0.39 is 23.8 Å². The highest BCUT2D eigenvalue weighted by atomic mass is 79.9. The first-order valence-electron chi connectivity index (χ1n) is 7.21. The van der Waals surface area contributed by atoms with E-state index in [1.165, 1.54) is 6.07 Å². The number of hydrogen-bond acceptors (Lipinski definition) is 4. The van der Waals surface area contributed by atoms with Gasteiger partial charge in [0.1, 0.15) is 17.7 Å². The number of hydrogen-bond donors (Lipinski definition) is 2. The third-order valence-corrected chi connectivity index (χ3v) is 3.77. The highest BCUT2D eigenvalue weighted by molar-refractivity contribution is 9.10. The highest BCUT2D eigenvalue weighted by Crippen LogP contribution is 2.35. The Labute approximate surface area is 161 Å². The fraction of sp³-hybridized carbons (Fsp3) is 0.357. The number of imidazole rings is 1. The van der Waals surface area contributed by atoms with Crippen LogP contribution < -0.4 is 10.4 Å². The highest BCUT2D eigenvalue weighted by Gasteiger charge is 2.35. The van der Waals surface area contributed by atoms with Gasteiger partial charge in [0, 0.05) is 11.8 Å². The lowest BCUT2D eigenvalue weighted by molar-refractivity contribution is -0.140. The summed E-state index contributed by atoms with van der Waals surface area (Å²) >= 11 is 3.28. The summed E-state index contributed by atoms with van der Waals surface area (Å²) in [4.78, 5) is 3.60. The monoisotopic (exact) mass is 425 g/mol. The zero-order valence-corrected chi connectivity index (χ0v) is 15.3. The lowest BCUT2D eigenvalue weighted by Gasteiger charge is -2.16. The molecule has 1 unspecified atom stereocenters. The molecule has 0 fully saturated rings. The van der Waals surface area contributed by atoms with Crippen molar-refractivity contribution in [3.8, 4) is 17.1 Å². The van der Waals surface area contributed by atoms with Crippen LogP contribution in [0.5, 0.6) is 5.75 Å². The molecule has 0 saturated carbocycles. The molecule has 134 valence electrons. The molecule has 1 aromatic heterocycles. The van der Waals surface area contributed by atoms with E-state index >= 15 is 0 Å². The molecule has 0 aliphatic rings. The van der Waals surface area contributed by atoms with Crippen LogP contribution in [0.4, 0.5) is 13.2 Å². The normalized spacial score (nSPS) is 12.5. The molecule has 0 spiro atoms. The van der Waals surface area contributed by atoms with Crippen LogP contribution in [0, 0.1) is 0 Å². The summed E-state index contributed by atoms with van der Waals surface area (Å²) in [6, 6.07) is 4.66. The minimum Gasteiger partial charge on any atom is -0.487 e. The van der Waals surface area contributed by atoms with Crippen LogP contribution in [0.25, 0.3) is 11.4 Å². The second-order valence-electron chi connectivity index (χ2n) is 5.10. The molecule has 1 aromatic carbocycles. The number of ether oxygens (including phenoxy) is 1. The van der Waals surface area contributed by atoms with E-state index in [1.54, 1.807) is 19.1 Å². The average Bonchev–Trinajstić information content (AvgIpc) is 3.04. The van der Waals surface area contributed by atoms with Crippen molar-refractivity contribution in [1.82, 2.24) is 9.55 Å². The van der Waals surface area contributed by atoms with Gasteiger partial charge in [-0.05, 0) is 46.9 Å². The SMILES string of the molecule is [B]C([B])n1cc(C(F)(F)F)nc1-c1ccc(Br)c(OC(C)CO)c1.[B]N. The van der Waals surface area contributed by atoms with Gasteiger partial charge in [-0.3, -0.25) is 0 Å². The Morgan fingerprint density at radius 2 is 1.96 bits per heavy atom. The molecular formula is C14H14B3BrF3N3O2. The van der Waals surface area contributed by atoms with Crippen LogP contribution in [-0.2, 0) is 6.18 Å². The molecule has 1 atom stereocenters. The second kappa shape index (κ2) is 9.52. The van der Waals surface area contributed by atoms with E-state index in [9.17, 15) is 13.2 Å². The number of nitrogens with two attached hydrogens (primary N) is 1. The van der Waals surface area contributed by atoms with E-state index in [0.29, 0.717) is 15.8 Å². The molecule has 0 amide bonds. The molecule has 3 N–H and O–H groups in total. The Hall–Kier alpha value is -1.39. The van der Waals surface area contributed by atoms with E-state index in [0.717, 1.165) is 10.8 Å². The van der Waals surface area contributed by atoms with Crippen LogP contribution in [0.15, 0.2) is 28.9 Å². The Kier molecular flexibility index (Phi) is 8.30. The lowest BCUT2D eigenvalue weighted by atomic mass is 9.78. The van der Waals surface area contributed by atoms with E-state index in [4.69, 9.17) is 25.5 Å². The first-order valence-corrected chi connectivity index (χ1v) is 8.00. The molecule has 6 radical (unpaired) electrons. The topological polar surface area (TPSA) is 73.3 Å². The Morgan fingerprint density at radius 1 is 1.35 bits per heavy atom. The first kappa shape index (κ1) is 22.7. The number of alkyl halides is 3. The molecule has 0 bridgehead atoms. The fourth-order valence-corrected chi connectivity index (χ4v) is 2.30. The van der Waals surface area contributed by atoms with Gasteiger partial charge in [-0.2, -0.15) is 13.2 Å². The number of nitrogens with zero attached hydrogens (tertiary/aromatic N) is 2. The number of aliphatic hydroxyl groups excluding tert-OH is 1. The number of rotatable bonds is 5. The molecule has 12 heteroatoms. The quantitative estimate of drug-likeness (QED) is 0.718. The maximum Gasteiger partial charge on any atom is 0.434 e. The van der Waals surface area contributed by atoms with Crippen LogP contribution in [-0.4, -0.2) is 51.0 Å². The number of benzene rings is 1. The van der Waals surface area contributed by atoms with Crippen LogP contribution >= 0.6 is 15.9 Å². The minimum atomic E-state index is -4.62. The van der Waals surface area contributed by atoms with Gasteiger partial charge in [0.05, 0.1) is 26.8 Å². The summed E-state index contributed by atoms with van der Waals surface area (Å²) in [6.07, 6.45) is -4.34. The van der Waals surface area contributed by atoms with Crippen molar-refractivity contribution in [1.29, 1.82) is 0 Å². The summed E-state index contributed by atoms with van der Waals surface area (Å²) in [5.74, 6) is -0.873. The lowest BCUT2D eigenvalue weighted by Crippen LogP contribution is -2.16. The molecule has 26 heavy (non-hydrogen) atoms. The summed E-state index contributed by atoms with van der Waals surface area (Å²) < 4.78 is 45.8. The zero-order chi connectivity index (χ0) is 20.1. The van der Waals surface area contributed by atoms with Gasteiger partial charge in [0.25, 0.3) is 0 Å². The zero-order valence-electron chi connectivity index (χ0n) is 13.7. The van der Waals surface area contributed by atoms with Gasteiger partial charge < -0.3 is 20.1 Å². The summed E-state index contributed by atoms with van der Waals surface area (Å²) in [7, 11) is 15.1.